The summed E-state index contributed by atoms with van der Waals surface area (Å²) >= 11 is 0. The smallest absolute Gasteiger partial charge is 0.243 e. The monoisotopic (exact) mass is 226 g/mol. The Bertz CT molecular complexity index is 286. The van der Waals surface area contributed by atoms with E-state index >= 15 is 0 Å². The molecule has 0 aromatic rings. The molecule has 0 radical (unpaired) electrons. The number of rotatable bonds is 5. The molecule has 0 unspecified atom stereocenters. The van der Waals surface area contributed by atoms with Gasteiger partial charge in [0.15, 0.2) is 0 Å². The van der Waals surface area contributed by atoms with Gasteiger partial charge in [-0.1, -0.05) is 6.92 Å². The van der Waals surface area contributed by atoms with Crippen molar-refractivity contribution in [2.45, 2.75) is 19.8 Å². The number of aliphatic hydroxyl groups is 2. The van der Waals surface area contributed by atoms with Crippen molar-refractivity contribution in [1.82, 2.24) is 4.90 Å². The Morgan fingerprint density at radius 3 is 2.25 bits per heavy atom. The number of hydrogen-bond acceptors (Lipinski definition) is 4. The third-order valence-electron chi connectivity index (χ3n) is 3.04. The molecule has 0 aromatic carbocycles. The highest BCUT2D eigenvalue weighted by Crippen LogP contribution is 2.46. The summed E-state index contributed by atoms with van der Waals surface area (Å²) in [4.78, 5) is 13.5. The third kappa shape index (κ3) is 2.34. The first-order valence-corrected chi connectivity index (χ1v) is 5.52. The van der Waals surface area contributed by atoms with Crippen LogP contribution in [0.1, 0.15) is 19.8 Å². The molecular weight excluding hydrogens is 208 g/mol. The van der Waals surface area contributed by atoms with Crippen LogP contribution < -0.4 is 0 Å². The molecule has 1 aliphatic carbocycles. The minimum atomic E-state index is -0.913. The summed E-state index contributed by atoms with van der Waals surface area (Å²) in [6, 6.07) is 2.09. The van der Waals surface area contributed by atoms with Crippen LogP contribution in [0.5, 0.6) is 0 Å². The van der Waals surface area contributed by atoms with E-state index in [0.29, 0.717) is 18.8 Å². The van der Waals surface area contributed by atoms with Crippen LogP contribution >= 0.6 is 0 Å². The van der Waals surface area contributed by atoms with Gasteiger partial charge in [0, 0.05) is 13.1 Å². The maximum absolute atomic E-state index is 12.1. The second kappa shape index (κ2) is 5.28. The molecular formula is C11H18N2O3. The predicted molar refractivity (Wildman–Crippen MR) is 57.2 cm³/mol. The first-order valence-electron chi connectivity index (χ1n) is 5.52. The van der Waals surface area contributed by atoms with Gasteiger partial charge in [-0.2, -0.15) is 5.26 Å². The van der Waals surface area contributed by atoms with Crippen LogP contribution in [0.15, 0.2) is 0 Å². The van der Waals surface area contributed by atoms with Gasteiger partial charge in [-0.3, -0.25) is 4.79 Å². The second-order valence-corrected chi connectivity index (χ2v) is 4.45. The first-order chi connectivity index (χ1) is 7.59. The van der Waals surface area contributed by atoms with E-state index in [0.717, 1.165) is 0 Å². The maximum Gasteiger partial charge on any atom is 0.243 e. The number of carbonyl (C=O) groups is 1. The molecule has 0 heterocycles. The van der Waals surface area contributed by atoms with Crippen molar-refractivity contribution in [3.8, 4) is 6.07 Å². The molecule has 1 aliphatic rings. The van der Waals surface area contributed by atoms with Gasteiger partial charge in [0.1, 0.15) is 5.41 Å². The predicted octanol–water partition coefficient (Wildman–Crippen LogP) is -0.261. The summed E-state index contributed by atoms with van der Waals surface area (Å²) in [6.45, 7) is 2.06. The fraction of sp³-hybridized carbons (Fsp3) is 0.818. The molecule has 5 heteroatoms. The van der Waals surface area contributed by atoms with Crippen LogP contribution in [-0.2, 0) is 4.79 Å². The highest BCUT2D eigenvalue weighted by molar-refractivity contribution is 5.86. The van der Waals surface area contributed by atoms with Crippen LogP contribution in [0.3, 0.4) is 0 Å². The summed E-state index contributed by atoms with van der Waals surface area (Å²) in [5, 5.41) is 26.8. The molecule has 0 spiro atoms. The lowest BCUT2D eigenvalue weighted by Crippen LogP contribution is -2.51. The first kappa shape index (κ1) is 12.9. The van der Waals surface area contributed by atoms with E-state index in [2.05, 4.69) is 6.07 Å². The van der Waals surface area contributed by atoms with Crippen molar-refractivity contribution in [2.24, 2.45) is 11.3 Å². The van der Waals surface area contributed by atoms with Crippen molar-refractivity contribution >= 4 is 5.91 Å². The standard InChI is InChI=1S/C11H18N2O3/c1-9-6-11(7-9,8-12)10(16)13(2-4-14)3-5-15/h9,14-15H,2-7H2,1H3. The zero-order chi connectivity index (χ0) is 12.2. The average molecular weight is 226 g/mol. The van der Waals surface area contributed by atoms with E-state index in [9.17, 15) is 4.79 Å². The van der Waals surface area contributed by atoms with Crippen molar-refractivity contribution in [3.63, 3.8) is 0 Å². The number of hydrogen-bond donors (Lipinski definition) is 2. The van der Waals surface area contributed by atoms with Crippen LogP contribution in [0, 0.1) is 22.7 Å². The molecule has 5 nitrogen and oxygen atoms in total. The lowest BCUT2D eigenvalue weighted by atomic mass is 9.62. The van der Waals surface area contributed by atoms with Crippen LogP contribution in [0.4, 0.5) is 0 Å². The topological polar surface area (TPSA) is 84.6 Å². The number of aliphatic hydroxyl groups excluding tert-OH is 2. The quantitative estimate of drug-likeness (QED) is 0.676. The zero-order valence-electron chi connectivity index (χ0n) is 9.52. The summed E-state index contributed by atoms with van der Waals surface area (Å²) < 4.78 is 0. The van der Waals surface area contributed by atoms with Gasteiger partial charge < -0.3 is 15.1 Å². The lowest BCUT2D eigenvalue weighted by Gasteiger charge is -2.42. The summed E-state index contributed by atoms with van der Waals surface area (Å²) in [5.41, 5.74) is -0.913. The Balaban J connectivity index is 2.70. The highest BCUT2D eigenvalue weighted by atomic mass is 16.3. The van der Waals surface area contributed by atoms with E-state index in [1.165, 1.54) is 4.90 Å². The van der Waals surface area contributed by atoms with Gasteiger partial charge >= 0.3 is 0 Å². The molecule has 1 rings (SSSR count). The molecule has 0 atom stereocenters. The molecule has 0 aromatic heterocycles. The zero-order valence-corrected chi connectivity index (χ0v) is 9.52. The van der Waals surface area contributed by atoms with Crippen LogP contribution in [0.2, 0.25) is 0 Å². The lowest BCUT2D eigenvalue weighted by molar-refractivity contribution is -0.146. The molecule has 0 aliphatic heterocycles. The minimum absolute atomic E-state index is 0.150. The van der Waals surface area contributed by atoms with Crippen molar-refractivity contribution in [2.75, 3.05) is 26.3 Å². The Kier molecular flexibility index (Phi) is 4.27. The Morgan fingerprint density at radius 2 is 1.94 bits per heavy atom. The van der Waals surface area contributed by atoms with Gasteiger partial charge in [0.2, 0.25) is 5.91 Å². The van der Waals surface area contributed by atoms with Crippen molar-refractivity contribution in [1.29, 1.82) is 5.26 Å². The Labute approximate surface area is 95.3 Å². The molecule has 1 saturated carbocycles. The van der Waals surface area contributed by atoms with Crippen molar-refractivity contribution < 1.29 is 15.0 Å². The Hall–Kier alpha value is -1.12. The summed E-state index contributed by atoms with van der Waals surface area (Å²) in [5.74, 6) is 0.143. The van der Waals surface area contributed by atoms with Crippen LogP contribution in [-0.4, -0.2) is 47.3 Å². The molecule has 0 bridgehead atoms. The minimum Gasteiger partial charge on any atom is -0.395 e. The second-order valence-electron chi connectivity index (χ2n) is 4.45. The van der Waals surface area contributed by atoms with E-state index < -0.39 is 5.41 Å². The molecule has 90 valence electrons. The normalized spacial score (nSPS) is 28.0. The molecule has 0 saturated heterocycles. The fourth-order valence-corrected chi connectivity index (χ4v) is 2.30. The number of nitrogens with zero attached hydrogens (tertiary/aromatic N) is 2. The van der Waals surface area contributed by atoms with Gasteiger partial charge in [0.25, 0.3) is 0 Å². The van der Waals surface area contributed by atoms with Gasteiger partial charge in [0.05, 0.1) is 19.3 Å². The molecule has 2 N–H and O–H groups in total. The van der Waals surface area contributed by atoms with Gasteiger partial charge in [-0.05, 0) is 18.8 Å². The van der Waals surface area contributed by atoms with E-state index in [1.54, 1.807) is 0 Å². The largest absolute Gasteiger partial charge is 0.395 e. The maximum atomic E-state index is 12.1. The van der Waals surface area contributed by atoms with Gasteiger partial charge in [-0.25, -0.2) is 0 Å². The Morgan fingerprint density at radius 1 is 1.44 bits per heavy atom. The van der Waals surface area contributed by atoms with E-state index in [4.69, 9.17) is 15.5 Å². The molecule has 1 fully saturated rings. The SMILES string of the molecule is CC1CC(C#N)(C(=O)N(CCO)CCO)C1. The fourth-order valence-electron chi connectivity index (χ4n) is 2.30. The number of carbonyl (C=O) groups excluding carboxylic acids is 1. The number of nitriles is 1. The number of amides is 1. The molecule has 1 amide bonds. The van der Waals surface area contributed by atoms with Crippen LogP contribution in [0.25, 0.3) is 0 Å². The van der Waals surface area contributed by atoms with E-state index in [-0.39, 0.29) is 32.2 Å². The molecule has 16 heavy (non-hydrogen) atoms. The van der Waals surface area contributed by atoms with E-state index in [1.807, 2.05) is 6.92 Å². The summed E-state index contributed by atoms with van der Waals surface area (Å²) in [6.07, 6.45) is 1.16. The highest BCUT2D eigenvalue weighted by Gasteiger charge is 2.50. The summed E-state index contributed by atoms with van der Waals surface area (Å²) in [7, 11) is 0. The average Bonchev–Trinajstić information content (AvgIpc) is 2.23. The third-order valence-corrected chi connectivity index (χ3v) is 3.04. The van der Waals surface area contributed by atoms with Gasteiger partial charge in [-0.15, -0.1) is 0 Å². The van der Waals surface area contributed by atoms with Crippen molar-refractivity contribution in [3.05, 3.63) is 0 Å².